The summed E-state index contributed by atoms with van der Waals surface area (Å²) in [5.41, 5.74) is 2.13. The molecule has 0 spiro atoms. The second kappa shape index (κ2) is 6.62. The van der Waals surface area contributed by atoms with E-state index < -0.39 is 5.97 Å². The zero-order valence-corrected chi connectivity index (χ0v) is 11.0. The number of unbranched alkanes of at least 4 members (excludes halogenated alkanes) is 1. The molecule has 20 heavy (non-hydrogen) atoms. The molecular weight excluding hydrogens is 256 g/mol. The zero-order chi connectivity index (χ0) is 14.4. The fraction of sp³-hybridized carbons (Fsp3) is 0.333. The molecule has 5 nitrogen and oxygen atoms in total. The lowest BCUT2D eigenvalue weighted by atomic mass is 10.1. The van der Waals surface area contributed by atoms with E-state index in [1.807, 2.05) is 6.07 Å². The van der Waals surface area contributed by atoms with Gasteiger partial charge in [-0.15, -0.1) is 0 Å². The number of fused-ring (bicyclic) bond motifs is 1. The van der Waals surface area contributed by atoms with Crippen molar-refractivity contribution in [2.24, 2.45) is 0 Å². The van der Waals surface area contributed by atoms with Crippen molar-refractivity contribution in [1.29, 1.82) is 0 Å². The molecule has 1 heterocycles. The average molecular weight is 272 g/mol. The van der Waals surface area contributed by atoms with Gasteiger partial charge in [0.2, 0.25) is 0 Å². The topological polar surface area (TPSA) is 78.4 Å². The van der Waals surface area contributed by atoms with Gasteiger partial charge >= 0.3 is 5.97 Å². The van der Waals surface area contributed by atoms with E-state index in [0.29, 0.717) is 31.5 Å². The highest BCUT2D eigenvalue weighted by Crippen LogP contribution is 2.21. The summed E-state index contributed by atoms with van der Waals surface area (Å²) in [7, 11) is 0. The van der Waals surface area contributed by atoms with Crippen LogP contribution in [0.1, 0.15) is 35.2 Å². The van der Waals surface area contributed by atoms with Gasteiger partial charge in [-0.3, -0.25) is 9.59 Å². The second-order valence-corrected chi connectivity index (χ2v) is 4.46. The molecule has 3 N–H and O–H groups in total. The molecule has 1 aromatic rings. The van der Waals surface area contributed by atoms with E-state index in [0.717, 1.165) is 11.3 Å². The number of aliphatic carboxylic acids is 1. The molecule has 0 fully saturated rings. The Balaban J connectivity index is 2.13. The third-order valence-electron chi connectivity index (χ3n) is 2.94. The van der Waals surface area contributed by atoms with Crippen molar-refractivity contribution < 1.29 is 14.7 Å². The predicted molar refractivity (Wildman–Crippen MR) is 75.6 cm³/mol. The van der Waals surface area contributed by atoms with Crippen LogP contribution < -0.4 is 10.6 Å². The van der Waals surface area contributed by atoms with E-state index in [2.05, 4.69) is 22.5 Å². The maximum Gasteiger partial charge on any atom is 0.303 e. The molecule has 1 aromatic carbocycles. The van der Waals surface area contributed by atoms with E-state index >= 15 is 0 Å². The lowest BCUT2D eigenvalue weighted by molar-refractivity contribution is -0.137. The Labute approximate surface area is 117 Å². The first-order valence-electron chi connectivity index (χ1n) is 6.54. The van der Waals surface area contributed by atoms with Crippen LogP contribution in [0, 0.1) is 11.8 Å². The first-order chi connectivity index (χ1) is 9.68. The average Bonchev–Trinajstić information content (AvgIpc) is 2.61. The van der Waals surface area contributed by atoms with Crippen molar-refractivity contribution >= 4 is 17.6 Å². The number of benzene rings is 1. The number of hydrogen-bond donors (Lipinski definition) is 3. The minimum atomic E-state index is -0.807. The zero-order valence-electron chi connectivity index (χ0n) is 11.0. The van der Waals surface area contributed by atoms with Crippen LogP contribution in [-0.4, -0.2) is 30.1 Å². The number of rotatable bonds is 3. The van der Waals surface area contributed by atoms with E-state index in [4.69, 9.17) is 5.11 Å². The monoisotopic (exact) mass is 272 g/mol. The molecule has 104 valence electrons. The molecule has 0 atom stereocenters. The summed E-state index contributed by atoms with van der Waals surface area (Å²) >= 11 is 0. The van der Waals surface area contributed by atoms with Gasteiger partial charge in [0.1, 0.15) is 0 Å². The summed E-state index contributed by atoms with van der Waals surface area (Å²) < 4.78 is 0. The Hall–Kier alpha value is -2.48. The van der Waals surface area contributed by atoms with Crippen LogP contribution in [0.5, 0.6) is 0 Å². The highest BCUT2D eigenvalue weighted by atomic mass is 16.4. The molecular formula is C15H16N2O3. The lowest BCUT2D eigenvalue weighted by Gasteiger charge is -2.07. The van der Waals surface area contributed by atoms with Crippen LogP contribution in [-0.2, 0) is 4.79 Å². The molecule has 2 rings (SSSR count). The number of carbonyl (C=O) groups excluding carboxylic acids is 1. The van der Waals surface area contributed by atoms with Gasteiger partial charge in [-0.2, -0.15) is 0 Å². The predicted octanol–water partition coefficient (Wildman–Crippen LogP) is 1.45. The van der Waals surface area contributed by atoms with E-state index in [1.54, 1.807) is 12.1 Å². The molecule has 5 heteroatoms. The lowest BCUT2D eigenvalue weighted by Crippen LogP contribution is -2.24. The molecule has 1 amide bonds. The van der Waals surface area contributed by atoms with Gasteiger partial charge < -0.3 is 15.7 Å². The van der Waals surface area contributed by atoms with Crippen molar-refractivity contribution in [2.45, 2.75) is 19.3 Å². The van der Waals surface area contributed by atoms with Crippen molar-refractivity contribution in [3.63, 3.8) is 0 Å². The minimum Gasteiger partial charge on any atom is -0.481 e. The largest absolute Gasteiger partial charge is 0.481 e. The maximum atomic E-state index is 11.8. The fourth-order valence-corrected chi connectivity index (χ4v) is 1.98. The van der Waals surface area contributed by atoms with Gasteiger partial charge in [-0.25, -0.2) is 0 Å². The van der Waals surface area contributed by atoms with Crippen molar-refractivity contribution in [1.82, 2.24) is 5.32 Å². The molecule has 1 aliphatic rings. The third kappa shape index (κ3) is 3.51. The van der Waals surface area contributed by atoms with E-state index in [9.17, 15) is 9.59 Å². The van der Waals surface area contributed by atoms with Crippen molar-refractivity contribution in [2.75, 3.05) is 18.4 Å². The van der Waals surface area contributed by atoms with Crippen LogP contribution in [0.15, 0.2) is 18.2 Å². The van der Waals surface area contributed by atoms with Gasteiger partial charge in [0, 0.05) is 31.5 Å². The molecule has 0 saturated heterocycles. The normalized spacial score (nSPS) is 13.1. The number of amides is 1. The fourth-order valence-electron chi connectivity index (χ4n) is 1.98. The SMILES string of the molecule is O=C(O)CCCC#Cc1cccc2c1NCCNC2=O. The molecule has 0 saturated carbocycles. The third-order valence-corrected chi connectivity index (χ3v) is 2.94. The highest BCUT2D eigenvalue weighted by molar-refractivity contribution is 6.01. The van der Waals surface area contributed by atoms with Gasteiger partial charge in [-0.05, 0) is 18.6 Å². The summed E-state index contributed by atoms with van der Waals surface area (Å²) in [6, 6.07) is 5.42. The summed E-state index contributed by atoms with van der Waals surface area (Å²) in [5, 5.41) is 14.6. The number of carbonyl (C=O) groups is 2. The number of carboxylic acids is 1. The second-order valence-electron chi connectivity index (χ2n) is 4.46. The highest BCUT2D eigenvalue weighted by Gasteiger charge is 2.16. The van der Waals surface area contributed by atoms with Crippen LogP contribution in [0.3, 0.4) is 0 Å². The van der Waals surface area contributed by atoms with Gasteiger partial charge in [-0.1, -0.05) is 17.9 Å². The summed E-state index contributed by atoms with van der Waals surface area (Å²) in [4.78, 5) is 22.2. The minimum absolute atomic E-state index is 0.0977. The number of hydrogen-bond acceptors (Lipinski definition) is 3. The smallest absolute Gasteiger partial charge is 0.303 e. The Bertz CT molecular complexity index is 585. The van der Waals surface area contributed by atoms with Gasteiger partial charge in [0.05, 0.1) is 11.3 Å². The molecule has 0 unspecified atom stereocenters. The van der Waals surface area contributed by atoms with Crippen LogP contribution in [0.2, 0.25) is 0 Å². The number of anilines is 1. The van der Waals surface area contributed by atoms with Crippen molar-refractivity contribution in [3.8, 4) is 11.8 Å². The standard InChI is InChI=1S/C15H16N2O3/c18-13(19)8-3-1-2-5-11-6-4-7-12-14(11)16-9-10-17-15(12)20/h4,6-7,16H,1,3,8-10H2,(H,17,20)(H,18,19). The van der Waals surface area contributed by atoms with Crippen LogP contribution >= 0.6 is 0 Å². The van der Waals surface area contributed by atoms with E-state index in [1.165, 1.54) is 0 Å². The molecule has 0 radical (unpaired) electrons. The Morgan fingerprint density at radius 2 is 2.10 bits per heavy atom. The first kappa shape index (κ1) is 13.9. The van der Waals surface area contributed by atoms with E-state index in [-0.39, 0.29) is 12.3 Å². The molecule has 1 aliphatic heterocycles. The van der Waals surface area contributed by atoms with Gasteiger partial charge in [0.15, 0.2) is 0 Å². The number of para-hydroxylation sites is 1. The Morgan fingerprint density at radius 1 is 1.30 bits per heavy atom. The number of nitrogens with one attached hydrogen (secondary N) is 2. The Morgan fingerprint density at radius 3 is 2.90 bits per heavy atom. The molecule has 0 aliphatic carbocycles. The van der Waals surface area contributed by atoms with Gasteiger partial charge in [0.25, 0.3) is 5.91 Å². The molecule has 0 bridgehead atoms. The van der Waals surface area contributed by atoms with Crippen molar-refractivity contribution in [3.05, 3.63) is 29.3 Å². The first-order valence-corrected chi connectivity index (χ1v) is 6.54. The molecule has 0 aromatic heterocycles. The van der Waals surface area contributed by atoms with Crippen LogP contribution in [0.4, 0.5) is 5.69 Å². The summed E-state index contributed by atoms with van der Waals surface area (Å²) in [5.74, 6) is 5.06. The quantitative estimate of drug-likeness (QED) is 0.575. The summed E-state index contributed by atoms with van der Waals surface area (Å²) in [6.45, 7) is 1.25. The van der Waals surface area contributed by atoms with Crippen LogP contribution in [0.25, 0.3) is 0 Å². The Kier molecular flexibility index (Phi) is 4.61. The summed E-state index contributed by atoms with van der Waals surface area (Å²) in [6.07, 6.45) is 1.19. The number of carboxylic acid groups (broad SMARTS) is 1. The maximum absolute atomic E-state index is 11.8.